The minimum Gasteiger partial charge on any atom is -0.474 e. The molecule has 0 bridgehead atoms. The van der Waals surface area contributed by atoms with Crippen molar-refractivity contribution in [2.45, 2.75) is 32.4 Å². The lowest BCUT2D eigenvalue weighted by Gasteiger charge is -2.09. The number of aromatic amines is 1. The van der Waals surface area contributed by atoms with Gasteiger partial charge in [0, 0.05) is 24.6 Å². The van der Waals surface area contributed by atoms with Gasteiger partial charge in [0.05, 0.1) is 35.9 Å². The summed E-state index contributed by atoms with van der Waals surface area (Å²) in [6, 6.07) is 2.20. The van der Waals surface area contributed by atoms with Crippen LogP contribution in [0.5, 0.6) is 5.88 Å². The summed E-state index contributed by atoms with van der Waals surface area (Å²) in [5.74, 6) is 0.596. The minimum atomic E-state index is 0.0502. The van der Waals surface area contributed by atoms with E-state index in [1.165, 1.54) is 0 Å². The number of fused-ring (bicyclic) bond motifs is 1. The molecule has 1 unspecified atom stereocenters. The fourth-order valence-corrected chi connectivity index (χ4v) is 2.85. The average Bonchev–Trinajstić information content (AvgIpc) is 3.26. The summed E-state index contributed by atoms with van der Waals surface area (Å²) >= 11 is 0. The quantitative estimate of drug-likeness (QED) is 0.801. The molecule has 4 heterocycles. The van der Waals surface area contributed by atoms with Crippen molar-refractivity contribution in [2.75, 3.05) is 13.2 Å². The van der Waals surface area contributed by atoms with Gasteiger partial charge in [-0.25, -0.2) is 4.98 Å². The molecular weight excluding hydrogens is 294 g/mol. The predicted molar refractivity (Wildman–Crippen MR) is 85.3 cm³/mol. The molecule has 0 aromatic carbocycles. The zero-order valence-electron chi connectivity index (χ0n) is 13.2. The molecule has 0 spiro atoms. The maximum atomic E-state index is 5.84. The van der Waals surface area contributed by atoms with Gasteiger partial charge >= 0.3 is 0 Å². The van der Waals surface area contributed by atoms with E-state index in [9.17, 15) is 0 Å². The highest BCUT2D eigenvalue weighted by molar-refractivity contribution is 5.96. The Kier molecular flexibility index (Phi) is 3.49. The van der Waals surface area contributed by atoms with Crippen molar-refractivity contribution in [3.05, 3.63) is 24.7 Å². The molecule has 7 heteroatoms. The topological polar surface area (TPSA) is 77.9 Å². The molecule has 3 aromatic rings. The fourth-order valence-electron chi connectivity index (χ4n) is 2.85. The molecule has 23 heavy (non-hydrogen) atoms. The van der Waals surface area contributed by atoms with E-state index >= 15 is 0 Å². The van der Waals surface area contributed by atoms with Crippen molar-refractivity contribution < 1.29 is 9.47 Å². The molecule has 3 aromatic heterocycles. The van der Waals surface area contributed by atoms with Gasteiger partial charge in [0.25, 0.3) is 0 Å². The number of hydrogen-bond donors (Lipinski definition) is 1. The lowest BCUT2D eigenvalue weighted by atomic mass is 10.1. The fraction of sp³-hybridized carbons (Fsp3) is 0.438. The van der Waals surface area contributed by atoms with Crippen LogP contribution in [0, 0.1) is 0 Å². The van der Waals surface area contributed by atoms with Crippen LogP contribution in [0.15, 0.2) is 24.7 Å². The first-order valence-corrected chi connectivity index (χ1v) is 7.84. The summed E-state index contributed by atoms with van der Waals surface area (Å²) in [6.07, 6.45) is 6.61. The number of pyridine rings is 1. The lowest BCUT2D eigenvalue weighted by Crippen LogP contribution is -2.08. The summed E-state index contributed by atoms with van der Waals surface area (Å²) < 4.78 is 13.2. The second kappa shape index (κ2) is 5.66. The van der Waals surface area contributed by atoms with Crippen LogP contribution in [0.1, 0.15) is 26.3 Å². The summed E-state index contributed by atoms with van der Waals surface area (Å²) in [5.41, 5.74) is 2.67. The van der Waals surface area contributed by atoms with E-state index in [0.29, 0.717) is 18.5 Å². The van der Waals surface area contributed by atoms with Gasteiger partial charge in [0.15, 0.2) is 0 Å². The Bertz CT molecular complexity index is 817. The number of hydrogen-bond acceptors (Lipinski definition) is 5. The first kappa shape index (κ1) is 14.2. The maximum absolute atomic E-state index is 5.84. The number of rotatable bonds is 4. The Morgan fingerprint density at radius 2 is 2.35 bits per heavy atom. The van der Waals surface area contributed by atoms with E-state index in [0.717, 1.165) is 35.2 Å². The number of ether oxygens (including phenoxy) is 2. The number of aromatic nitrogens is 5. The van der Waals surface area contributed by atoms with Gasteiger partial charge < -0.3 is 9.47 Å². The summed E-state index contributed by atoms with van der Waals surface area (Å²) in [5, 5.41) is 12.9. The van der Waals surface area contributed by atoms with Crippen LogP contribution in [0.3, 0.4) is 0 Å². The van der Waals surface area contributed by atoms with Crippen LogP contribution >= 0.6 is 0 Å². The van der Waals surface area contributed by atoms with E-state index in [-0.39, 0.29) is 6.10 Å². The van der Waals surface area contributed by atoms with E-state index in [2.05, 4.69) is 20.3 Å². The van der Waals surface area contributed by atoms with Crippen molar-refractivity contribution in [2.24, 2.45) is 0 Å². The molecule has 0 amide bonds. The zero-order chi connectivity index (χ0) is 15.8. The molecule has 0 saturated carbocycles. The summed E-state index contributed by atoms with van der Waals surface area (Å²) in [4.78, 5) is 4.36. The van der Waals surface area contributed by atoms with Gasteiger partial charge in [-0.2, -0.15) is 10.2 Å². The highest BCUT2D eigenvalue weighted by Crippen LogP contribution is 2.33. The average molecular weight is 313 g/mol. The molecular formula is C16H19N5O2. The van der Waals surface area contributed by atoms with Crippen molar-refractivity contribution in [1.29, 1.82) is 0 Å². The Morgan fingerprint density at radius 1 is 1.43 bits per heavy atom. The van der Waals surface area contributed by atoms with Gasteiger partial charge in [0.2, 0.25) is 5.88 Å². The van der Waals surface area contributed by atoms with Crippen LogP contribution in [-0.2, 0) is 4.74 Å². The van der Waals surface area contributed by atoms with Crippen LogP contribution < -0.4 is 4.74 Å². The van der Waals surface area contributed by atoms with Crippen LogP contribution in [0.4, 0.5) is 0 Å². The second-order valence-corrected chi connectivity index (χ2v) is 6.00. The van der Waals surface area contributed by atoms with Gasteiger partial charge in [-0.05, 0) is 26.3 Å². The maximum Gasteiger partial charge on any atom is 0.225 e. The van der Waals surface area contributed by atoms with Crippen molar-refractivity contribution in [3.8, 4) is 17.1 Å². The molecule has 1 fully saturated rings. The SMILES string of the molecule is CC(C)Oc1nccc2[nH]nc(-c3cnn(C4CCOC4)c3)c12. The van der Waals surface area contributed by atoms with E-state index < -0.39 is 0 Å². The number of nitrogens with one attached hydrogen (secondary N) is 1. The predicted octanol–water partition coefficient (Wildman–Crippen LogP) is 2.57. The number of nitrogens with zero attached hydrogens (tertiary/aromatic N) is 4. The summed E-state index contributed by atoms with van der Waals surface area (Å²) in [7, 11) is 0. The van der Waals surface area contributed by atoms with Crippen molar-refractivity contribution in [1.82, 2.24) is 25.0 Å². The lowest BCUT2D eigenvalue weighted by molar-refractivity contribution is 0.184. The molecule has 120 valence electrons. The monoisotopic (exact) mass is 313 g/mol. The second-order valence-electron chi connectivity index (χ2n) is 6.00. The van der Waals surface area contributed by atoms with Gasteiger partial charge in [-0.15, -0.1) is 0 Å². The smallest absolute Gasteiger partial charge is 0.225 e. The first-order chi connectivity index (χ1) is 11.2. The molecule has 1 N–H and O–H groups in total. The van der Waals surface area contributed by atoms with Crippen LogP contribution in [0.25, 0.3) is 22.2 Å². The largest absolute Gasteiger partial charge is 0.474 e. The van der Waals surface area contributed by atoms with Crippen LogP contribution in [0.2, 0.25) is 0 Å². The molecule has 1 saturated heterocycles. The zero-order valence-corrected chi connectivity index (χ0v) is 13.2. The molecule has 1 atom stereocenters. The minimum absolute atomic E-state index is 0.0502. The Labute approximate surface area is 133 Å². The van der Waals surface area contributed by atoms with Crippen LogP contribution in [-0.4, -0.2) is 44.3 Å². The molecule has 0 aliphatic carbocycles. The third kappa shape index (κ3) is 2.57. The highest BCUT2D eigenvalue weighted by Gasteiger charge is 2.21. The normalized spacial score (nSPS) is 18.1. The Hall–Kier alpha value is -2.41. The van der Waals surface area contributed by atoms with Crippen molar-refractivity contribution >= 4 is 10.9 Å². The molecule has 0 radical (unpaired) electrons. The van der Waals surface area contributed by atoms with Gasteiger partial charge in [-0.1, -0.05) is 0 Å². The molecule has 1 aliphatic heterocycles. The van der Waals surface area contributed by atoms with E-state index in [1.54, 1.807) is 6.20 Å². The third-order valence-corrected chi connectivity index (χ3v) is 3.94. The molecule has 4 rings (SSSR count). The first-order valence-electron chi connectivity index (χ1n) is 7.84. The molecule has 1 aliphatic rings. The standard InChI is InChI=1S/C16H19N5O2/c1-10(2)23-16-14-13(3-5-17-16)19-20-15(14)11-7-18-21(8-11)12-4-6-22-9-12/h3,5,7-8,10,12H,4,6,9H2,1-2H3,(H,19,20). The van der Waals surface area contributed by atoms with E-state index in [4.69, 9.17) is 9.47 Å². The Balaban J connectivity index is 1.76. The highest BCUT2D eigenvalue weighted by atomic mass is 16.5. The summed E-state index contributed by atoms with van der Waals surface area (Å²) in [6.45, 7) is 5.48. The van der Waals surface area contributed by atoms with Crippen molar-refractivity contribution in [3.63, 3.8) is 0 Å². The molecule has 7 nitrogen and oxygen atoms in total. The Morgan fingerprint density at radius 3 is 3.13 bits per heavy atom. The van der Waals surface area contributed by atoms with E-state index in [1.807, 2.05) is 37.0 Å². The van der Waals surface area contributed by atoms with Gasteiger partial charge in [-0.3, -0.25) is 9.78 Å². The number of H-pyrrole nitrogens is 1. The van der Waals surface area contributed by atoms with Gasteiger partial charge in [0.1, 0.15) is 5.69 Å². The third-order valence-electron chi connectivity index (χ3n) is 3.94.